The molecular formula is C49H26N6O2. The number of ether oxygens (including phenoxy) is 2. The van der Waals surface area contributed by atoms with E-state index in [1.807, 2.05) is 91.3 Å². The van der Waals surface area contributed by atoms with Gasteiger partial charge in [-0.2, -0.15) is 5.26 Å². The van der Waals surface area contributed by atoms with E-state index in [0.717, 1.165) is 89.7 Å². The zero-order valence-electron chi connectivity index (χ0n) is 30.0. The highest BCUT2D eigenvalue weighted by Crippen LogP contribution is 2.63. The van der Waals surface area contributed by atoms with E-state index in [2.05, 4.69) is 81.0 Å². The third kappa shape index (κ3) is 4.08. The average molecular weight is 731 g/mol. The molecule has 0 bridgehead atoms. The first kappa shape index (κ1) is 31.2. The topological polar surface area (TPSA) is 80.6 Å². The van der Waals surface area contributed by atoms with Crippen LogP contribution in [0, 0.1) is 17.9 Å². The van der Waals surface area contributed by atoms with Crippen molar-refractivity contribution < 1.29 is 9.47 Å². The van der Waals surface area contributed by atoms with E-state index >= 15 is 0 Å². The second-order valence-corrected chi connectivity index (χ2v) is 14.4. The predicted molar refractivity (Wildman–Crippen MR) is 219 cm³/mol. The molecular weight excluding hydrogens is 705 g/mol. The standard InChI is InChI=1S/C49H26N6O2/c1-51-30-20-22-38-33(25-30)32-10-2-4-13-37(32)55(38)41-15-8-18-44-46(41)49(34-11-3-6-16-42(34)56-44)35-12-9-23-52-47(35)48-36(49)26-31(28-53-48)54-39-14-5-7-17-43(39)57-45-24-29(27-50)19-21-40(45)54/h2-26,28H. The third-order valence-electron chi connectivity index (χ3n) is 11.5. The molecule has 2 aliphatic heterocycles. The van der Waals surface area contributed by atoms with Crippen LogP contribution in [-0.4, -0.2) is 14.5 Å². The van der Waals surface area contributed by atoms with Gasteiger partial charge in [0.1, 0.15) is 11.5 Å². The average Bonchev–Trinajstić information content (AvgIpc) is 3.75. The third-order valence-corrected chi connectivity index (χ3v) is 11.5. The number of fused-ring (bicyclic) bond motifs is 14. The SMILES string of the molecule is [C-]#[N+]c1ccc2c(c1)c1ccccc1n2-c1cccc2c1C1(c3ccccc3O2)c2cccnc2-c2ncc(N3c4ccccc4Oc4cc(C#N)ccc43)cc21. The van der Waals surface area contributed by atoms with Crippen LogP contribution in [0.15, 0.2) is 158 Å². The van der Waals surface area contributed by atoms with Crippen LogP contribution < -0.4 is 14.4 Å². The molecule has 5 heterocycles. The Labute approximate surface area is 326 Å². The smallest absolute Gasteiger partial charge is 0.188 e. The Balaban J connectivity index is 1.20. The summed E-state index contributed by atoms with van der Waals surface area (Å²) in [5.74, 6) is 2.75. The number of rotatable bonds is 2. The first-order valence-electron chi connectivity index (χ1n) is 18.6. The Morgan fingerprint density at radius 2 is 1.33 bits per heavy atom. The summed E-state index contributed by atoms with van der Waals surface area (Å²) in [5, 5.41) is 11.8. The van der Waals surface area contributed by atoms with Crippen LogP contribution in [0.2, 0.25) is 0 Å². The minimum Gasteiger partial charge on any atom is -0.457 e. The lowest BCUT2D eigenvalue weighted by molar-refractivity contribution is 0.435. The summed E-state index contributed by atoms with van der Waals surface area (Å²) in [6.07, 6.45) is 3.73. The number of nitrogens with zero attached hydrogens (tertiary/aromatic N) is 6. The van der Waals surface area contributed by atoms with Crippen LogP contribution in [0.5, 0.6) is 23.0 Å². The van der Waals surface area contributed by atoms with Gasteiger partial charge in [-0.25, -0.2) is 4.85 Å². The molecule has 3 aliphatic rings. The summed E-state index contributed by atoms with van der Waals surface area (Å²) in [5.41, 5.74) is 11.1. The van der Waals surface area contributed by atoms with E-state index < -0.39 is 5.41 Å². The number of pyridine rings is 2. The van der Waals surface area contributed by atoms with Crippen LogP contribution in [-0.2, 0) is 5.41 Å². The van der Waals surface area contributed by atoms with E-state index in [4.69, 9.17) is 26.0 Å². The van der Waals surface area contributed by atoms with Gasteiger partial charge in [-0.1, -0.05) is 66.7 Å². The molecule has 8 nitrogen and oxygen atoms in total. The lowest BCUT2D eigenvalue weighted by Crippen LogP contribution is -2.34. The number of para-hydroxylation sites is 4. The number of hydrogen-bond acceptors (Lipinski definition) is 6. The van der Waals surface area contributed by atoms with E-state index in [1.165, 1.54) is 0 Å². The molecule has 0 saturated carbocycles. The molecule has 12 rings (SSSR count). The van der Waals surface area contributed by atoms with E-state index in [9.17, 15) is 5.26 Å². The van der Waals surface area contributed by atoms with Gasteiger partial charge in [-0.15, -0.1) is 0 Å². The zero-order valence-corrected chi connectivity index (χ0v) is 30.0. The normalized spacial score (nSPS) is 15.3. The fourth-order valence-corrected chi connectivity index (χ4v) is 9.33. The zero-order chi connectivity index (χ0) is 37.8. The molecule has 3 aromatic heterocycles. The molecule has 0 amide bonds. The van der Waals surface area contributed by atoms with Crippen molar-refractivity contribution >= 4 is 44.6 Å². The van der Waals surface area contributed by atoms with Crippen molar-refractivity contribution in [3.8, 4) is 46.1 Å². The molecule has 1 unspecified atom stereocenters. The lowest BCUT2D eigenvalue weighted by atomic mass is 9.65. The van der Waals surface area contributed by atoms with Crippen molar-refractivity contribution in [2.24, 2.45) is 0 Å². The minimum absolute atomic E-state index is 0.513. The van der Waals surface area contributed by atoms with Gasteiger partial charge in [0.25, 0.3) is 0 Å². The molecule has 264 valence electrons. The Hall–Kier alpha value is -8.20. The minimum atomic E-state index is -0.920. The molecule has 0 radical (unpaired) electrons. The Morgan fingerprint density at radius 3 is 2.25 bits per heavy atom. The van der Waals surface area contributed by atoms with Crippen LogP contribution in [0.3, 0.4) is 0 Å². The summed E-state index contributed by atoms with van der Waals surface area (Å²) in [6, 6.07) is 50.9. The van der Waals surface area contributed by atoms with Crippen LogP contribution in [0.4, 0.5) is 22.7 Å². The van der Waals surface area contributed by atoms with Crippen molar-refractivity contribution in [3.63, 3.8) is 0 Å². The second kappa shape index (κ2) is 11.4. The molecule has 9 aromatic rings. The van der Waals surface area contributed by atoms with Crippen molar-refractivity contribution in [2.45, 2.75) is 5.41 Å². The molecule has 1 atom stereocenters. The van der Waals surface area contributed by atoms with Gasteiger partial charge in [0.15, 0.2) is 17.2 Å². The van der Waals surface area contributed by atoms with Crippen molar-refractivity contribution in [3.05, 3.63) is 197 Å². The first-order chi connectivity index (χ1) is 28.2. The van der Waals surface area contributed by atoms with Gasteiger partial charge in [-0.05, 0) is 83.7 Å². The number of benzene rings is 6. The Kier molecular flexibility index (Phi) is 6.24. The van der Waals surface area contributed by atoms with Gasteiger partial charge < -0.3 is 18.9 Å². The first-order valence-corrected chi connectivity index (χ1v) is 18.6. The van der Waals surface area contributed by atoms with Gasteiger partial charge in [-0.3, -0.25) is 9.97 Å². The predicted octanol–water partition coefficient (Wildman–Crippen LogP) is 12.0. The maximum atomic E-state index is 9.78. The summed E-state index contributed by atoms with van der Waals surface area (Å²) in [4.78, 5) is 16.3. The van der Waals surface area contributed by atoms with Gasteiger partial charge in [0, 0.05) is 34.3 Å². The van der Waals surface area contributed by atoms with Crippen molar-refractivity contribution in [1.82, 2.24) is 14.5 Å². The summed E-state index contributed by atoms with van der Waals surface area (Å²) in [6.45, 7) is 7.80. The van der Waals surface area contributed by atoms with E-state index in [0.29, 0.717) is 22.7 Å². The van der Waals surface area contributed by atoms with Crippen LogP contribution in [0.25, 0.3) is 43.7 Å². The maximum absolute atomic E-state index is 9.78. The van der Waals surface area contributed by atoms with E-state index in [-0.39, 0.29) is 0 Å². The van der Waals surface area contributed by atoms with Crippen LogP contribution in [0.1, 0.15) is 27.8 Å². The number of nitriles is 1. The monoisotopic (exact) mass is 730 g/mol. The summed E-state index contributed by atoms with van der Waals surface area (Å²) >= 11 is 0. The van der Waals surface area contributed by atoms with Gasteiger partial charge >= 0.3 is 0 Å². The quantitative estimate of drug-likeness (QED) is 0.165. The Morgan fingerprint density at radius 1 is 0.596 bits per heavy atom. The molecule has 0 fully saturated rings. The molecule has 0 saturated heterocycles. The molecule has 8 heteroatoms. The highest BCUT2D eigenvalue weighted by Gasteiger charge is 2.54. The fraction of sp³-hybridized carbons (Fsp3) is 0.0204. The lowest BCUT2D eigenvalue weighted by Gasteiger charge is -2.40. The highest BCUT2D eigenvalue weighted by atomic mass is 16.5. The van der Waals surface area contributed by atoms with E-state index in [1.54, 1.807) is 6.07 Å². The van der Waals surface area contributed by atoms with Crippen molar-refractivity contribution in [1.29, 1.82) is 5.26 Å². The van der Waals surface area contributed by atoms with Gasteiger partial charge in [0.2, 0.25) is 0 Å². The number of hydrogen-bond donors (Lipinski definition) is 0. The molecule has 6 aromatic carbocycles. The molecule has 1 spiro atoms. The number of anilines is 3. The molecule has 57 heavy (non-hydrogen) atoms. The summed E-state index contributed by atoms with van der Waals surface area (Å²) < 4.78 is 15.6. The molecule has 0 N–H and O–H groups in total. The highest BCUT2D eigenvalue weighted by molar-refractivity contribution is 6.10. The fourth-order valence-electron chi connectivity index (χ4n) is 9.33. The second-order valence-electron chi connectivity index (χ2n) is 14.4. The Bertz CT molecular complexity index is 3320. The maximum Gasteiger partial charge on any atom is 0.188 e. The summed E-state index contributed by atoms with van der Waals surface area (Å²) in [7, 11) is 0. The van der Waals surface area contributed by atoms with Crippen molar-refractivity contribution in [2.75, 3.05) is 4.90 Å². The molecule has 1 aliphatic carbocycles. The van der Waals surface area contributed by atoms with Gasteiger partial charge in [0.05, 0.1) is 75.0 Å². The van der Waals surface area contributed by atoms with Crippen LogP contribution >= 0.6 is 0 Å². The number of aromatic nitrogens is 3. The largest absolute Gasteiger partial charge is 0.457 e.